The molecule has 2 aromatic rings. The fourth-order valence-electron chi connectivity index (χ4n) is 5.32. The van der Waals surface area contributed by atoms with E-state index in [2.05, 4.69) is 36.3 Å². The van der Waals surface area contributed by atoms with Gasteiger partial charge in [0.05, 0.1) is 17.6 Å². The lowest BCUT2D eigenvalue weighted by Crippen LogP contribution is -2.42. The number of carbonyl (C=O) groups is 1. The number of alkyl halides is 3. The van der Waals surface area contributed by atoms with Gasteiger partial charge in [-0.05, 0) is 48.9 Å². The molecule has 1 heterocycles. The highest BCUT2D eigenvalue weighted by molar-refractivity contribution is 5.79. The number of benzene rings is 1. The van der Waals surface area contributed by atoms with Crippen LogP contribution < -0.4 is 11.1 Å². The van der Waals surface area contributed by atoms with E-state index in [1.807, 2.05) is 12.1 Å². The summed E-state index contributed by atoms with van der Waals surface area (Å²) in [5.41, 5.74) is 8.73. The zero-order valence-electron chi connectivity index (χ0n) is 19.2. The molecule has 2 aliphatic carbocycles. The number of pyridine rings is 1. The summed E-state index contributed by atoms with van der Waals surface area (Å²) in [5.74, 6) is -0.998. The predicted molar refractivity (Wildman–Crippen MR) is 122 cm³/mol. The Kier molecular flexibility index (Phi) is 6.16. The summed E-state index contributed by atoms with van der Waals surface area (Å²) in [6.45, 7) is 4.32. The van der Waals surface area contributed by atoms with E-state index >= 15 is 0 Å². The number of amides is 1. The zero-order valence-corrected chi connectivity index (χ0v) is 19.2. The topological polar surface area (TPSA) is 71.2 Å². The number of rotatable bonds is 5. The molecule has 4 rings (SSSR count). The Morgan fingerprint density at radius 3 is 2.52 bits per heavy atom. The van der Waals surface area contributed by atoms with Crippen molar-refractivity contribution in [3.63, 3.8) is 0 Å². The summed E-state index contributed by atoms with van der Waals surface area (Å²) in [6, 6.07) is 9.11. The molecule has 1 aromatic carbocycles. The van der Waals surface area contributed by atoms with Gasteiger partial charge in [-0.2, -0.15) is 13.2 Å². The lowest BCUT2D eigenvalue weighted by molar-refractivity contribution is -0.191. The van der Waals surface area contributed by atoms with Crippen LogP contribution in [-0.4, -0.2) is 41.1 Å². The second-order valence-electron chi connectivity index (χ2n) is 9.91. The Balaban J connectivity index is 1.51. The van der Waals surface area contributed by atoms with E-state index in [1.54, 1.807) is 6.07 Å². The number of halogens is 3. The van der Waals surface area contributed by atoms with E-state index in [0.717, 1.165) is 11.3 Å². The van der Waals surface area contributed by atoms with E-state index in [0.29, 0.717) is 24.9 Å². The lowest BCUT2D eigenvalue weighted by atomic mass is 9.83. The summed E-state index contributed by atoms with van der Waals surface area (Å²) in [6.07, 6.45) is -0.786. The van der Waals surface area contributed by atoms with E-state index in [-0.39, 0.29) is 23.2 Å². The number of hydrogen-bond donors (Lipinski definition) is 2. The number of nitrogens with two attached hydrogens (primary N) is 1. The first-order chi connectivity index (χ1) is 15.5. The Bertz CT molecular complexity index is 1010. The minimum absolute atomic E-state index is 0.0942. The van der Waals surface area contributed by atoms with E-state index in [4.69, 9.17) is 5.73 Å². The van der Waals surface area contributed by atoms with Crippen molar-refractivity contribution in [2.45, 2.75) is 69.2 Å². The van der Waals surface area contributed by atoms with Crippen molar-refractivity contribution in [3.8, 4) is 0 Å². The number of aromatic nitrogens is 1. The third kappa shape index (κ3) is 4.58. The molecule has 8 heteroatoms. The van der Waals surface area contributed by atoms with Crippen molar-refractivity contribution in [1.29, 1.82) is 0 Å². The van der Waals surface area contributed by atoms with Crippen LogP contribution in [0.2, 0.25) is 0 Å². The fraction of sp³-hybridized carbons (Fsp3) is 0.520. The van der Waals surface area contributed by atoms with Crippen molar-refractivity contribution < 1.29 is 18.0 Å². The molecular formula is C25H31F3N4O. The zero-order chi connectivity index (χ0) is 24.0. The summed E-state index contributed by atoms with van der Waals surface area (Å²) in [7, 11) is 1.20. The monoisotopic (exact) mass is 460 g/mol. The van der Waals surface area contributed by atoms with Gasteiger partial charge in [0.25, 0.3) is 0 Å². The molecule has 33 heavy (non-hydrogen) atoms. The largest absolute Gasteiger partial charge is 0.414 e. The molecule has 1 fully saturated rings. The van der Waals surface area contributed by atoms with Crippen LogP contribution in [0.15, 0.2) is 42.6 Å². The van der Waals surface area contributed by atoms with Crippen molar-refractivity contribution in [1.82, 2.24) is 9.88 Å². The second kappa shape index (κ2) is 8.63. The molecule has 0 bridgehead atoms. The van der Waals surface area contributed by atoms with Crippen LogP contribution >= 0.6 is 0 Å². The maximum atomic E-state index is 14.0. The van der Waals surface area contributed by atoms with Gasteiger partial charge >= 0.3 is 6.18 Å². The molecule has 0 aliphatic heterocycles. The smallest absolute Gasteiger partial charge is 0.380 e. The fourth-order valence-corrected chi connectivity index (χ4v) is 5.32. The van der Waals surface area contributed by atoms with Gasteiger partial charge in [0.1, 0.15) is 0 Å². The molecule has 5 nitrogen and oxygen atoms in total. The first kappa shape index (κ1) is 23.5. The van der Waals surface area contributed by atoms with Gasteiger partial charge in [0, 0.05) is 30.5 Å². The maximum absolute atomic E-state index is 14.0. The van der Waals surface area contributed by atoms with Crippen LogP contribution in [0.4, 0.5) is 18.9 Å². The molecule has 1 amide bonds. The van der Waals surface area contributed by atoms with Crippen LogP contribution in [-0.2, 0) is 16.6 Å². The highest BCUT2D eigenvalue weighted by Crippen LogP contribution is 2.41. The SMILES string of the molecule is CN(C(=O)[C@@H]1CC[C@H](N)C1)[C@@H](c1ccc(N[C@@H]2Cc3ccccc3C2(C)C)cn1)C(F)(F)F. The molecule has 0 unspecified atom stereocenters. The molecular weight excluding hydrogens is 429 g/mol. The van der Waals surface area contributed by atoms with Gasteiger partial charge in [-0.3, -0.25) is 9.78 Å². The van der Waals surface area contributed by atoms with Gasteiger partial charge in [-0.1, -0.05) is 38.1 Å². The molecule has 1 saturated carbocycles. The summed E-state index contributed by atoms with van der Waals surface area (Å²) in [5, 5.41) is 3.45. The highest BCUT2D eigenvalue weighted by Gasteiger charge is 2.47. The number of hydrogen-bond acceptors (Lipinski definition) is 4. The summed E-state index contributed by atoms with van der Waals surface area (Å²) in [4.78, 5) is 17.7. The highest BCUT2D eigenvalue weighted by atomic mass is 19.4. The summed E-state index contributed by atoms with van der Waals surface area (Å²) >= 11 is 0. The molecule has 3 N–H and O–H groups in total. The Labute approximate surface area is 192 Å². The third-order valence-electron chi connectivity index (χ3n) is 7.28. The number of carbonyl (C=O) groups excluding carboxylic acids is 1. The number of fused-ring (bicyclic) bond motifs is 1. The molecule has 0 saturated heterocycles. The molecule has 0 radical (unpaired) electrons. The van der Waals surface area contributed by atoms with Crippen molar-refractivity contribution in [2.75, 3.05) is 12.4 Å². The van der Waals surface area contributed by atoms with Crippen molar-refractivity contribution >= 4 is 11.6 Å². The van der Waals surface area contributed by atoms with Gasteiger partial charge < -0.3 is 16.0 Å². The second-order valence-corrected chi connectivity index (χ2v) is 9.91. The average molecular weight is 461 g/mol. The number of nitrogens with zero attached hydrogens (tertiary/aromatic N) is 2. The molecule has 178 valence electrons. The summed E-state index contributed by atoms with van der Waals surface area (Å²) < 4.78 is 42.0. The van der Waals surface area contributed by atoms with Crippen LogP contribution in [0.25, 0.3) is 0 Å². The third-order valence-corrected chi connectivity index (χ3v) is 7.28. The van der Waals surface area contributed by atoms with E-state index in [1.165, 1.54) is 30.4 Å². The molecule has 2 aliphatic rings. The van der Waals surface area contributed by atoms with Crippen molar-refractivity contribution in [2.24, 2.45) is 11.7 Å². The van der Waals surface area contributed by atoms with Crippen molar-refractivity contribution in [3.05, 3.63) is 59.4 Å². The minimum atomic E-state index is -4.64. The van der Waals surface area contributed by atoms with Gasteiger partial charge in [0.2, 0.25) is 5.91 Å². The lowest BCUT2D eigenvalue weighted by Gasteiger charge is -2.32. The molecule has 1 aromatic heterocycles. The first-order valence-electron chi connectivity index (χ1n) is 11.4. The Morgan fingerprint density at radius 2 is 1.94 bits per heavy atom. The van der Waals surface area contributed by atoms with Crippen LogP contribution in [0.3, 0.4) is 0 Å². The van der Waals surface area contributed by atoms with Gasteiger partial charge in [0.15, 0.2) is 6.04 Å². The first-order valence-corrected chi connectivity index (χ1v) is 11.4. The van der Waals surface area contributed by atoms with Gasteiger partial charge in [-0.25, -0.2) is 0 Å². The predicted octanol–water partition coefficient (Wildman–Crippen LogP) is 4.59. The van der Waals surface area contributed by atoms with Crippen LogP contribution in [0, 0.1) is 5.92 Å². The van der Waals surface area contributed by atoms with Crippen LogP contribution in [0.5, 0.6) is 0 Å². The standard InChI is InChI=1S/C25H31F3N4O/c1-24(2)19-7-5-4-6-15(19)13-21(24)31-18-10-11-20(30-14-18)22(25(26,27)28)32(3)23(33)16-8-9-17(29)12-16/h4-7,10-11,14,16-17,21-22,31H,8-9,12-13,29H2,1-3H3/t16-,17+,21-,22+/m1/s1. The quantitative estimate of drug-likeness (QED) is 0.685. The minimum Gasteiger partial charge on any atom is -0.380 e. The normalized spacial score (nSPS) is 24.9. The molecule has 0 spiro atoms. The number of anilines is 1. The van der Waals surface area contributed by atoms with E-state index < -0.39 is 24.0 Å². The van der Waals surface area contributed by atoms with Gasteiger partial charge in [-0.15, -0.1) is 0 Å². The average Bonchev–Trinajstić information content (AvgIpc) is 3.29. The van der Waals surface area contributed by atoms with E-state index in [9.17, 15) is 18.0 Å². The van der Waals surface area contributed by atoms with Crippen LogP contribution in [0.1, 0.15) is 56.0 Å². The molecule has 4 atom stereocenters. The Hall–Kier alpha value is -2.61. The maximum Gasteiger partial charge on any atom is 0.414 e. The Morgan fingerprint density at radius 1 is 1.21 bits per heavy atom. The number of nitrogens with one attached hydrogen (secondary N) is 1.